The maximum atomic E-state index is 4.60. The highest BCUT2D eigenvalue weighted by Crippen LogP contribution is 2.31. The number of hydrogen-bond donors (Lipinski definition) is 1. The minimum atomic E-state index is 0.805. The highest BCUT2D eigenvalue weighted by atomic mass is 15.1. The number of rotatable bonds is 4. The maximum absolute atomic E-state index is 4.60. The third kappa shape index (κ3) is 2.14. The molecular weight excluding hydrogens is 198 g/mol. The molecule has 2 fully saturated rings. The van der Waals surface area contributed by atoms with Crippen LogP contribution in [-0.4, -0.2) is 22.6 Å². The average Bonchev–Trinajstić information content (AvgIpc) is 2.84. The van der Waals surface area contributed by atoms with Crippen LogP contribution in [0.1, 0.15) is 30.8 Å². The molecule has 88 valence electrons. The fourth-order valence-corrected chi connectivity index (χ4v) is 2.63. The summed E-state index contributed by atoms with van der Waals surface area (Å²) in [5.41, 5.74) is 1.34. The molecular formula is C13H21N3. The first-order chi connectivity index (χ1) is 7.83. The molecule has 0 unspecified atom stereocenters. The second-order valence-electron chi connectivity index (χ2n) is 5.43. The Morgan fingerprint density at radius 1 is 1.38 bits per heavy atom. The van der Waals surface area contributed by atoms with Crippen LogP contribution in [0, 0.1) is 18.8 Å². The second-order valence-corrected chi connectivity index (χ2v) is 5.43. The van der Waals surface area contributed by atoms with Crippen molar-refractivity contribution in [3.05, 3.63) is 17.7 Å². The molecule has 3 rings (SSSR count). The Hall–Kier alpha value is -0.830. The highest BCUT2D eigenvalue weighted by molar-refractivity contribution is 5.05. The Morgan fingerprint density at radius 3 is 2.94 bits per heavy atom. The zero-order valence-electron chi connectivity index (χ0n) is 10.1. The smallest absolute Gasteiger partial charge is 0.109 e. The maximum Gasteiger partial charge on any atom is 0.109 e. The Labute approximate surface area is 97.3 Å². The van der Waals surface area contributed by atoms with Gasteiger partial charge >= 0.3 is 0 Å². The fraction of sp³-hybridized carbons (Fsp3) is 0.769. The number of aryl methyl sites for hydroxylation is 1. The Morgan fingerprint density at radius 2 is 2.25 bits per heavy atom. The van der Waals surface area contributed by atoms with Gasteiger partial charge in [0.1, 0.15) is 5.82 Å². The lowest BCUT2D eigenvalue weighted by atomic mass is 10.0. The van der Waals surface area contributed by atoms with Gasteiger partial charge in [0.25, 0.3) is 0 Å². The molecule has 2 heterocycles. The third-order valence-electron chi connectivity index (χ3n) is 3.91. The molecule has 0 aromatic carbocycles. The lowest BCUT2D eigenvalue weighted by Gasteiger charge is -2.12. The van der Waals surface area contributed by atoms with Crippen molar-refractivity contribution in [2.75, 3.05) is 13.1 Å². The van der Waals surface area contributed by atoms with Crippen LogP contribution in [0.25, 0.3) is 0 Å². The molecule has 0 radical (unpaired) electrons. The van der Waals surface area contributed by atoms with Gasteiger partial charge < -0.3 is 9.88 Å². The minimum Gasteiger partial charge on any atom is -0.332 e. The van der Waals surface area contributed by atoms with Crippen molar-refractivity contribution in [3.63, 3.8) is 0 Å². The molecule has 0 amide bonds. The monoisotopic (exact) mass is 219 g/mol. The third-order valence-corrected chi connectivity index (χ3v) is 3.91. The standard InChI is InChI=1S/C13H21N3/c1-10-7-15-13(6-12-4-5-14-8-12)16(10)9-11-2-3-11/h7,11-12,14H,2-6,8-9H2,1H3/t12-/m1/s1. The summed E-state index contributed by atoms with van der Waals surface area (Å²) in [5.74, 6) is 3.06. The molecule has 2 aliphatic rings. The molecule has 1 aromatic heterocycles. The van der Waals surface area contributed by atoms with Crippen LogP contribution in [0.2, 0.25) is 0 Å². The summed E-state index contributed by atoms with van der Waals surface area (Å²) in [5, 5.41) is 3.43. The number of nitrogens with one attached hydrogen (secondary N) is 1. The van der Waals surface area contributed by atoms with Gasteiger partial charge in [-0.3, -0.25) is 0 Å². The number of aromatic nitrogens is 2. The Balaban J connectivity index is 1.71. The first kappa shape index (κ1) is 10.3. The zero-order chi connectivity index (χ0) is 11.0. The summed E-state index contributed by atoms with van der Waals surface area (Å²) in [6.07, 6.45) is 7.35. The van der Waals surface area contributed by atoms with E-state index in [1.54, 1.807) is 0 Å². The van der Waals surface area contributed by atoms with E-state index in [4.69, 9.17) is 0 Å². The van der Waals surface area contributed by atoms with E-state index in [1.807, 2.05) is 6.20 Å². The van der Waals surface area contributed by atoms with E-state index in [0.717, 1.165) is 18.3 Å². The van der Waals surface area contributed by atoms with Crippen LogP contribution in [0.5, 0.6) is 0 Å². The van der Waals surface area contributed by atoms with E-state index in [2.05, 4.69) is 21.8 Å². The van der Waals surface area contributed by atoms with Gasteiger partial charge in [0.15, 0.2) is 0 Å². The molecule has 1 saturated heterocycles. The molecule has 16 heavy (non-hydrogen) atoms. The Bertz CT molecular complexity index is 359. The van der Waals surface area contributed by atoms with Gasteiger partial charge in [0, 0.05) is 24.9 Å². The van der Waals surface area contributed by atoms with Crippen LogP contribution < -0.4 is 5.32 Å². The molecule has 1 aliphatic heterocycles. The van der Waals surface area contributed by atoms with E-state index in [0.29, 0.717) is 0 Å². The summed E-state index contributed by atoms with van der Waals surface area (Å²) in [6, 6.07) is 0. The second kappa shape index (κ2) is 4.21. The quantitative estimate of drug-likeness (QED) is 0.836. The van der Waals surface area contributed by atoms with Gasteiger partial charge in [0.05, 0.1) is 0 Å². The molecule has 1 N–H and O–H groups in total. The Kier molecular flexibility index (Phi) is 2.72. The number of hydrogen-bond acceptors (Lipinski definition) is 2. The zero-order valence-corrected chi connectivity index (χ0v) is 10.1. The van der Waals surface area contributed by atoms with E-state index in [1.165, 1.54) is 50.4 Å². The normalized spacial score (nSPS) is 25.2. The lowest BCUT2D eigenvalue weighted by molar-refractivity contribution is 0.515. The van der Waals surface area contributed by atoms with Crippen LogP contribution >= 0.6 is 0 Å². The minimum absolute atomic E-state index is 0.805. The molecule has 3 nitrogen and oxygen atoms in total. The predicted octanol–water partition coefficient (Wildman–Crippen LogP) is 1.75. The van der Waals surface area contributed by atoms with Crippen molar-refractivity contribution < 1.29 is 0 Å². The molecule has 1 atom stereocenters. The molecule has 0 bridgehead atoms. The van der Waals surface area contributed by atoms with E-state index in [-0.39, 0.29) is 0 Å². The van der Waals surface area contributed by atoms with Crippen molar-refractivity contribution in [1.82, 2.24) is 14.9 Å². The van der Waals surface area contributed by atoms with Gasteiger partial charge in [0.2, 0.25) is 0 Å². The summed E-state index contributed by atoms with van der Waals surface area (Å²) in [6.45, 7) is 5.76. The van der Waals surface area contributed by atoms with E-state index >= 15 is 0 Å². The fourth-order valence-electron chi connectivity index (χ4n) is 2.63. The van der Waals surface area contributed by atoms with E-state index in [9.17, 15) is 0 Å². The van der Waals surface area contributed by atoms with Gasteiger partial charge in [-0.15, -0.1) is 0 Å². The van der Waals surface area contributed by atoms with Gasteiger partial charge in [-0.1, -0.05) is 0 Å². The van der Waals surface area contributed by atoms with Crippen molar-refractivity contribution in [1.29, 1.82) is 0 Å². The first-order valence-corrected chi connectivity index (χ1v) is 6.54. The average molecular weight is 219 g/mol. The van der Waals surface area contributed by atoms with Crippen LogP contribution in [0.15, 0.2) is 6.20 Å². The SMILES string of the molecule is Cc1cnc(C[C@H]2CCNC2)n1CC1CC1. The van der Waals surface area contributed by atoms with Crippen LogP contribution in [0.4, 0.5) is 0 Å². The molecule has 3 heteroatoms. The van der Waals surface area contributed by atoms with Gasteiger partial charge in [-0.25, -0.2) is 4.98 Å². The van der Waals surface area contributed by atoms with Gasteiger partial charge in [-0.05, 0) is 51.1 Å². The molecule has 0 spiro atoms. The summed E-state index contributed by atoms with van der Waals surface area (Å²) < 4.78 is 2.45. The predicted molar refractivity (Wildman–Crippen MR) is 64.4 cm³/mol. The summed E-state index contributed by atoms with van der Waals surface area (Å²) in [7, 11) is 0. The van der Waals surface area contributed by atoms with Gasteiger partial charge in [-0.2, -0.15) is 0 Å². The van der Waals surface area contributed by atoms with Crippen LogP contribution in [-0.2, 0) is 13.0 Å². The number of nitrogens with zero attached hydrogens (tertiary/aromatic N) is 2. The van der Waals surface area contributed by atoms with Crippen molar-refractivity contribution in [3.8, 4) is 0 Å². The highest BCUT2D eigenvalue weighted by Gasteiger charge is 2.24. The first-order valence-electron chi connectivity index (χ1n) is 6.54. The molecule has 1 saturated carbocycles. The molecule has 1 aromatic rings. The largest absolute Gasteiger partial charge is 0.332 e. The van der Waals surface area contributed by atoms with Crippen LogP contribution in [0.3, 0.4) is 0 Å². The summed E-state index contributed by atoms with van der Waals surface area (Å²) >= 11 is 0. The summed E-state index contributed by atoms with van der Waals surface area (Å²) in [4.78, 5) is 4.60. The van der Waals surface area contributed by atoms with Crippen molar-refractivity contribution in [2.24, 2.45) is 11.8 Å². The van der Waals surface area contributed by atoms with Crippen molar-refractivity contribution >= 4 is 0 Å². The topological polar surface area (TPSA) is 29.9 Å². The number of imidazole rings is 1. The van der Waals surface area contributed by atoms with E-state index < -0.39 is 0 Å². The lowest BCUT2D eigenvalue weighted by Crippen LogP contribution is -2.15. The molecule has 1 aliphatic carbocycles. The van der Waals surface area contributed by atoms with Crippen molar-refractivity contribution in [2.45, 2.75) is 39.2 Å².